The van der Waals surface area contributed by atoms with Gasteiger partial charge in [-0.05, 0) is 54.9 Å². The molecule has 4 nitrogen and oxygen atoms in total. The van der Waals surface area contributed by atoms with Crippen LogP contribution < -0.4 is 15.4 Å². The summed E-state index contributed by atoms with van der Waals surface area (Å²) in [6.07, 6.45) is 4.33. The van der Waals surface area contributed by atoms with Crippen LogP contribution >= 0.6 is 0 Å². The number of carbonyl (C=O) groups excluding carboxylic acids is 1. The van der Waals surface area contributed by atoms with Crippen LogP contribution in [0.15, 0.2) is 54.6 Å². The minimum Gasteiger partial charge on any atom is -0.497 e. The molecule has 25 heavy (non-hydrogen) atoms. The second-order valence-electron chi connectivity index (χ2n) is 6.64. The summed E-state index contributed by atoms with van der Waals surface area (Å²) in [7, 11) is 1.64. The number of nitrogens with one attached hydrogen (secondary N) is 2. The number of ether oxygens (including phenoxy) is 1. The Morgan fingerprint density at radius 1 is 1.04 bits per heavy atom. The summed E-state index contributed by atoms with van der Waals surface area (Å²) < 4.78 is 5.20. The van der Waals surface area contributed by atoms with Gasteiger partial charge in [0.15, 0.2) is 0 Å². The maximum Gasteiger partial charge on any atom is 0.315 e. The van der Waals surface area contributed by atoms with Crippen molar-refractivity contribution in [2.75, 3.05) is 7.11 Å². The zero-order valence-electron chi connectivity index (χ0n) is 14.7. The van der Waals surface area contributed by atoms with Crippen molar-refractivity contribution in [3.8, 4) is 5.75 Å². The third-order valence-corrected chi connectivity index (χ3v) is 4.92. The minimum atomic E-state index is -0.0917. The molecule has 2 amide bonds. The van der Waals surface area contributed by atoms with Crippen LogP contribution in [0.25, 0.3) is 0 Å². The van der Waals surface area contributed by atoms with Crippen LogP contribution in [0.2, 0.25) is 0 Å². The van der Waals surface area contributed by atoms with Crippen LogP contribution in [-0.4, -0.2) is 19.2 Å². The monoisotopic (exact) mass is 338 g/mol. The lowest BCUT2D eigenvalue weighted by molar-refractivity contribution is 0.231. The minimum absolute atomic E-state index is 0.0917. The molecule has 0 bridgehead atoms. The Hall–Kier alpha value is -2.49. The predicted molar refractivity (Wildman–Crippen MR) is 99.8 cm³/mol. The number of hydrogen-bond donors (Lipinski definition) is 2. The molecule has 1 aliphatic carbocycles. The lowest BCUT2D eigenvalue weighted by atomic mass is 9.82. The number of rotatable bonds is 5. The van der Waals surface area contributed by atoms with Crippen molar-refractivity contribution in [3.63, 3.8) is 0 Å². The molecular formula is C21H26N2O2. The normalized spacial score (nSPS) is 19.9. The Morgan fingerprint density at radius 3 is 2.52 bits per heavy atom. The van der Waals surface area contributed by atoms with E-state index >= 15 is 0 Å². The zero-order chi connectivity index (χ0) is 17.5. The summed E-state index contributed by atoms with van der Waals surface area (Å²) in [5.74, 6) is 1.43. The van der Waals surface area contributed by atoms with E-state index in [9.17, 15) is 4.79 Å². The molecule has 0 saturated heterocycles. The molecule has 0 aromatic heterocycles. The highest BCUT2D eigenvalue weighted by Gasteiger charge is 2.23. The van der Waals surface area contributed by atoms with Crippen molar-refractivity contribution in [1.29, 1.82) is 0 Å². The first-order valence-corrected chi connectivity index (χ1v) is 8.97. The average molecular weight is 338 g/mol. The van der Waals surface area contributed by atoms with Crippen molar-refractivity contribution in [3.05, 3.63) is 65.7 Å². The summed E-state index contributed by atoms with van der Waals surface area (Å²) >= 11 is 0. The second kappa shape index (κ2) is 8.56. The van der Waals surface area contributed by atoms with E-state index < -0.39 is 0 Å². The van der Waals surface area contributed by atoms with E-state index in [4.69, 9.17) is 4.74 Å². The van der Waals surface area contributed by atoms with E-state index in [-0.39, 0.29) is 12.1 Å². The molecule has 3 rings (SSSR count). The van der Waals surface area contributed by atoms with Gasteiger partial charge in [0.05, 0.1) is 7.11 Å². The molecule has 0 spiro atoms. The third-order valence-electron chi connectivity index (χ3n) is 4.92. The first kappa shape index (κ1) is 17.3. The van der Waals surface area contributed by atoms with Crippen LogP contribution in [0.1, 0.15) is 42.7 Å². The summed E-state index contributed by atoms with van der Waals surface area (Å²) in [6.45, 7) is 0.502. The lowest BCUT2D eigenvalue weighted by Gasteiger charge is -2.29. The Bertz CT molecular complexity index is 679. The van der Waals surface area contributed by atoms with Gasteiger partial charge in [-0.15, -0.1) is 0 Å². The van der Waals surface area contributed by atoms with E-state index in [1.54, 1.807) is 7.11 Å². The SMILES string of the molecule is COc1cccc(CNC(=O)NC2CCC(c3ccccc3)CC2)c1. The van der Waals surface area contributed by atoms with Crippen LogP contribution in [0, 0.1) is 0 Å². The van der Waals surface area contributed by atoms with E-state index in [1.807, 2.05) is 24.3 Å². The van der Waals surface area contributed by atoms with Gasteiger partial charge >= 0.3 is 6.03 Å². The fourth-order valence-electron chi connectivity index (χ4n) is 3.50. The number of urea groups is 1. The summed E-state index contributed by atoms with van der Waals surface area (Å²) in [4.78, 5) is 12.1. The highest BCUT2D eigenvalue weighted by Crippen LogP contribution is 2.32. The summed E-state index contributed by atoms with van der Waals surface area (Å²) in [5, 5.41) is 6.04. The van der Waals surface area contributed by atoms with Crippen LogP contribution in [0.5, 0.6) is 5.75 Å². The molecule has 0 unspecified atom stereocenters. The van der Waals surface area contributed by atoms with Gasteiger partial charge in [0.25, 0.3) is 0 Å². The number of benzene rings is 2. The summed E-state index contributed by atoms with van der Waals surface area (Å²) in [6, 6.07) is 18.6. The Labute approximate surface area is 149 Å². The molecular weight excluding hydrogens is 312 g/mol. The lowest BCUT2D eigenvalue weighted by Crippen LogP contribution is -2.43. The topological polar surface area (TPSA) is 50.4 Å². The molecule has 0 aliphatic heterocycles. The Kier molecular flexibility index (Phi) is 5.94. The molecule has 1 aliphatic rings. The van der Waals surface area contributed by atoms with Crippen LogP contribution in [0.3, 0.4) is 0 Å². The number of hydrogen-bond acceptors (Lipinski definition) is 2. The number of carbonyl (C=O) groups is 1. The smallest absolute Gasteiger partial charge is 0.315 e. The first-order valence-electron chi connectivity index (χ1n) is 8.97. The van der Waals surface area contributed by atoms with Crippen molar-refractivity contribution < 1.29 is 9.53 Å². The highest BCUT2D eigenvalue weighted by molar-refractivity contribution is 5.74. The molecule has 132 valence electrons. The molecule has 2 N–H and O–H groups in total. The van der Waals surface area contributed by atoms with E-state index in [2.05, 4.69) is 41.0 Å². The third kappa shape index (κ3) is 4.99. The standard InChI is InChI=1S/C21H26N2O2/c1-25-20-9-5-6-16(14-20)15-22-21(24)23-19-12-10-18(11-13-19)17-7-3-2-4-8-17/h2-9,14,18-19H,10-13,15H2,1H3,(H2,22,23,24). The average Bonchev–Trinajstić information content (AvgIpc) is 2.68. The number of amides is 2. The van der Waals surface area contributed by atoms with Gasteiger partial charge in [-0.1, -0.05) is 42.5 Å². The first-order chi connectivity index (χ1) is 12.2. The molecule has 2 aromatic rings. The number of methoxy groups -OCH3 is 1. The molecule has 0 heterocycles. The maximum absolute atomic E-state index is 12.1. The highest BCUT2D eigenvalue weighted by atomic mass is 16.5. The summed E-state index contributed by atoms with van der Waals surface area (Å²) in [5.41, 5.74) is 2.45. The van der Waals surface area contributed by atoms with Gasteiger partial charge in [0.1, 0.15) is 5.75 Å². The van der Waals surface area contributed by atoms with E-state index in [0.717, 1.165) is 37.0 Å². The van der Waals surface area contributed by atoms with Crippen molar-refractivity contribution in [2.45, 2.75) is 44.2 Å². The second-order valence-corrected chi connectivity index (χ2v) is 6.64. The molecule has 0 atom stereocenters. The van der Waals surface area contributed by atoms with Gasteiger partial charge < -0.3 is 15.4 Å². The maximum atomic E-state index is 12.1. The van der Waals surface area contributed by atoms with E-state index in [0.29, 0.717) is 12.5 Å². The van der Waals surface area contributed by atoms with Crippen molar-refractivity contribution >= 4 is 6.03 Å². The predicted octanol–water partition coefficient (Wildman–Crippen LogP) is 4.22. The van der Waals surface area contributed by atoms with Crippen LogP contribution in [-0.2, 0) is 6.54 Å². The molecule has 0 radical (unpaired) electrons. The zero-order valence-corrected chi connectivity index (χ0v) is 14.7. The molecule has 2 aromatic carbocycles. The molecule has 1 saturated carbocycles. The Balaban J connectivity index is 1.42. The largest absolute Gasteiger partial charge is 0.497 e. The van der Waals surface area contributed by atoms with Gasteiger partial charge in [0, 0.05) is 12.6 Å². The fourth-order valence-corrected chi connectivity index (χ4v) is 3.50. The fraction of sp³-hybridized carbons (Fsp3) is 0.381. The van der Waals surface area contributed by atoms with Crippen molar-refractivity contribution in [2.24, 2.45) is 0 Å². The van der Waals surface area contributed by atoms with Gasteiger partial charge in [-0.25, -0.2) is 4.79 Å². The molecule has 4 heteroatoms. The quantitative estimate of drug-likeness (QED) is 0.857. The van der Waals surface area contributed by atoms with Crippen LogP contribution in [0.4, 0.5) is 4.79 Å². The van der Waals surface area contributed by atoms with Gasteiger partial charge in [-0.2, -0.15) is 0 Å². The van der Waals surface area contributed by atoms with Gasteiger partial charge in [0.2, 0.25) is 0 Å². The van der Waals surface area contributed by atoms with Crippen molar-refractivity contribution in [1.82, 2.24) is 10.6 Å². The van der Waals surface area contributed by atoms with Gasteiger partial charge in [-0.3, -0.25) is 0 Å². The Morgan fingerprint density at radius 2 is 1.80 bits per heavy atom. The van der Waals surface area contributed by atoms with E-state index in [1.165, 1.54) is 5.56 Å². The molecule has 1 fully saturated rings.